The maximum atomic E-state index is 12.6. The van der Waals surface area contributed by atoms with Gasteiger partial charge in [0, 0.05) is 55.4 Å². The van der Waals surface area contributed by atoms with Crippen molar-refractivity contribution in [1.29, 1.82) is 0 Å². The molecule has 1 aliphatic rings. The number of nitrogens with zero attached hydrogens (tertiary/aromatic N) is 3. The second-order valence-electron chi connectivity index (χ2n) is 11.2. The Kier molecular flexibility index (Phi) is 10.2. The van der Waals surface area contributed by atoms with E-state index in [0.29, 0.717) is 11.6 Å². The lowest BCUT2D eigenvalue weighted by atomic mass is 9.98. The number of hydrogen-bond acceptors (Lipinski definition) is 7. The van der Waals surface area contributed by atoms with Crippen LogP contribution in [0.15, 0.2) is 108 Å². The van der Waals surface area contributed by atoms with E-state index in [-0.39, 0.29) is 5.91 Å². The zero-order valence-corrected chi connectivity index (χ0v) is 27.9. The number of carbonyl (C=O) groups is 1. The van der Waals surface area contributed by atoms with Crippen molar-refractivity contribution < 1.29 is 19.0 Å². The lowest BCUT2D eigenvalue weighted by Crippen LogP contribution is -2.32. The number of hydrogen-bond donors (Lipinski definition) is 1. The number of nitrogens with one attached hydrogen (secondary N) is 1. The quantitative estimate of drug-likeness (QED) is 0.141. The van der Waals surface area contributed by atoms with Gasteiger partial charge in [0.2, 0.25) is 11.8 Å². The van der Waals surface area contributed by atoms with E-state index in [2.05, 4.69) is 60.4 Å². The van der Waals surface area contributed by atoms with E-state index in [4.69, 9.17) is 14.2 Å². The van der Waals surface area contributed by atoms with E-state index in [1.807, 2.05) is 54.6 Å². The first-order chi connectivity index (χ1) is 23.0. The summed E-state index contributed by atoms with van der Waals surface area (Å²) in [5.74, 6) is 2.44. The highest BCUT2D eigenvalue weighted by Gasteiger charge is 2.19. The van der Waals surface area contributed by atoms with Gasteiger partial charge in [-0.25, -0.2) is 4.98 Å². The minimum atomic E-state index is -0.214. The highest BCUT2D eigenvalue weighted by Crippen LogP contribution is 2.34. The molecule has 0 bridgehead atoms. The molecule has 0 unspecified atom stereocenters. The Hall–Kier alpha value is -4.99. The molecule has 47 heavy (non-hydrogen) atoms. The molecule has 8 nitrogen and oxygen atoms in total. The number of rotatable bonds is 11. The molecule has 6 rings (SSSR count). The summed E-state index contributed by atoms with van der Waals surface area (Å²) in [6.07, 6.45) is 8.57. The van der Waals surface area contributed by atoms with Gasteiger partial charge in [0.05, 0.1) is 24.4 Å². The molecule has 0 atom stereocenters. The molecule has 0 fully saturated rings. The third-order valence-electron chi connectivity index (χ3n) is 8.03. The number of fused-ring (bicyclic) bond motifs is 1. The SMILES string of the molecule is COc1cc2c(cc1OC)CN(CCc1ccc(NC(=O)/C=C/c3ccc(Oc4ccc(-c5ccccn5)cc4Br)nc3)cc1)CC2. The summed E-state index contributed by atoms with van der Waals surface area (Å²) in [6.45, 7) is 2.85. The Morgan fingerprint density at radius 1 is 0.915 bits per heavy atom. The van der Waals surface area contributed by atoms with Gasteiger partial charge >= 0.3 is 0 Å². The predicted octanol–water partition coefficient (Wildman–Crippen LogP) is 7.97. The number of amides is 1. The van der Waals surface area contributed by atoms with Gasteiger partial charge in [-0.1, -0.05) is 18.2 Å². The number of methoxy groups -OCH3 is 2. The molecule has 0 radical (unpaired) electrons. The summed E-state index contributed by atoms with van der Waals surface area (Å²) in [5, 5.41) is 2.93. The average molecular weight is 692 g/mol. The van der Waals surface area contributed by atoms with Crippen LogP contribution in [0.25, 0.3) is 17.3 Å². The van der Waals surface area contributed by atoms with Crippen molar-refractivity contribution in [2.24, 2.45) is 0 Å². The molecule has 3 heterocycles. The number of benzene rings is 3. The number of halogens is 1. The van der Waals surface area contributed by atoms with Gasteiger partial charge in [-0.05, 0) is 118 Å². The van der Waals surface area contributed by atoms with E-state index >= 15 is 0 Å². The van der Waals surface area contributed by atoms with Crippen LogP contribution in [0.2, 0.25) is 0 Å². The molecule has 0 aliphatic carbocycles. The summed E-state index contributed by atoms with van der Waals surface area (Å²) >= 11 is 3.58. The molecule has 3 aromatic carbocycles. The zero-order chi connectivity index (χ0) is 32.6. The van der Waals surface area contributed by atoms with E-state index in [0.717, 1.165) is 71.0 Å². The van der Waals surface area contributed by atoms with E-state index in [1.165, 1.54) is 22.8 Å². The largest absolute Gasteiger partial charge is 0.493 e. The summed E-state index contributed by atoms with van der Waals surface area (Å²) in [6, 6.07) is 27.4. The molecular weight excluding hydrogens is 656 g/mol. The van der Waals surface area contributed by atoms with Crippen molar-refractivity contribution in [2.45, 2.75) is 19.4 Å². The molecule has 2 aromatic heterocycles. The zero-order valence-electron chi connectivity index (χ0n) is 26.3. The molecule has 238 valence electrons. The van der Waals surface area contributed by atoms with Gasteiger partial charge in [0.25, 0.3) is 0 Å². The number of aromatic nitrogens is 2. The van der Waals surface area contributed by atoms with Gasteiger partial charge in [0.1, 0.15) is 5.75 Å². The van der Waals surface area contributed by atoms with Gasteiger partial charge in [-0.15, -0.1) is 0 Å². The Morgan fingerprint density at radius 3 is 2.43 bits per heavy atom. The summed E-state index contributed by atoms with van der Waals surface area (Å²) in [4.78, 5) is 23.8. The fourth-order valence-corrected chi connectivity index (χ4v) is 5.93. The van der Waals surface area contributed by atoms with Gasteiger partial charge in [-0.2, -0.15) is 0 Å². The van der Waals surface area contributed by atoms with E-state index < -0.39 is 0 Å². The third kappa shape index (κ3) is 8.24. The van der Waals surface area contributed by atoms with Crippen molar-refractivity contribution >= 4 is 33.6 Å². The second kappa shape index (κ2) is 15.1. The molecule has 0 saturated carbocycles. The standard InChI is InChI=1S/C38H35BrN4O4/c1-45-35-22-28-17-20-43(25-30(28)23-36(35)46-2)19-16-26-6-11-31(12-7-26)42-37(44)14-8-27-9-15-38(41-24-27)47-34-13-10-29(21-32(34)39)33-5-3-4-18-40-33/h3-15,18,21-24H,16-17,19-20,25H2,1-2H3,(H,42,44)/b14-8+. The van der Waals surface area contributed by atoms with Gasteiger partial charge in [0.15, 0.2) is 11.5 Å². The second-order valence-corrected chi connectivity index (χ2v) is 12.0. The van der Waals surface area contributed by atoms with Crippen LogP contribution in [-0.4, -0.2) is 48.1 Å². The summed E-state index contributed by atoms with van der Waals surface area (Å²) in [5.41, 5.74) is 7.23. The first kappa shape index (κ1) is 32.0. The van der Waals surface area contributed by atoms with E-state index in [1.54, 1.807) is 38.8 Å². The first-order valence-electron chi connectivity index (χ1n) is 15.4. The Morgan fingerprint density at radius 2 is 1.72 bits per heavy atom. The molecule has 1 N–H and O–H groups in total. The lowest BCUT2D eigenvalue weighted by molar-refractivity contribution is -0.111. The maximum absolute atomic E-state index is 12.6. The van der Waals surface area contributed by atoms with Crippen LogP contribution < -0.4 is 19.5 Å². The third-order valence-corrected chi connectivity index (χ3v) is 8.65. The van der Waals surface area contributed by atoms with Crippen molar-refractivity contribution in [3.8, 4) is 34.4 Å². The molecule has 0 spiro atoms. The number of pyridine rings is 2. The average Bonchev–Trinajstić information content (AvgIpc) is 3.11. The molecular formula is C38H35BrN4O4. The molecule has 0 saturated heterocycles. The van der Waals surface area contributed by atoms with Crippen molar-refractivity contribution in [2.75, 3.05) is 32.6 Å². The maximum Gasteiger partial charge on any atom is 0.248 e. The van der Waals surface area contributed by atoms with Crippen LogP contribution in [0.5, 0.6) is 23.1 Å². The first-order valence-corrected chi connectivity index (χ1v) is 16.2. The van der Waals surface area contributed by atoms with Crippen molar-refractivity contribution in [3.63, 3.8) is 0 Å². The van der Waals surface area contributed by atoms with Crippen molar-refractivity contribution in [1.82, 2.24) is 14.9 Å². The number of carbonyl (C=O) groups excluding carboxylic acids is 1. The van der Waals surface area contributed by atoms with Crippen molar-refractivity contribution in [3.05, 3.63) is 130 Å². The summed E-state index contributed by atoms with van der Waals surface area (Å²) < 4.78 is 17.7. The Bertz CT molecular complexity index is 1860. The lowest BCUT2D eigenvalue weighted by Gasteiger charge is -2.29. The molecule has 5 aromatic rings. The van der Waals surface area contributed by atoms with Crippen LogP contribution in [0, 0.1) is 0 Å². The monoisotopic (exact) mass is 690 g/mol. The molecule has 9 heteroatoms. The normalized spacial score (nSPS) is 12.8. The Labute approximate surface area is 283 Å². The van der Waals surface area contributed by atoms with Crippen LogP contribution in [0.3, 0.4) is 0 Å². The van der Waals surface area contributed by atoms with E-state index in [9.17, 15) is 4.79 Å². The minimum Gasteiger partial charge on any atom is -0.493 e. The van der Waals surface area contributed by atoms with Crippen LogP contribution in [0.1, 0.15) is 22.3 Å². The number of ether oxygens (including phenoxy) is 3. The van der Waals surface area contributed by atoms with Crippen LogP contribution in [0.4, 0.5) is 5.69 Å². The molecule has 1 aliphatic heterocycles. The molecule has 1 amide bonds. The highest BCUT2D eigenvalue weighted by atomic mass is 79.9. The van der Waals surface area contributed by atoms with Crippen LogP contribution in [-0.2, 0) is 24.2 Å². The summed E-state index contributed by atoms with van der Waals surface area (Å²) in [7, 11) is 3.35. The topological polar surface area (TPSA) is 85.8 Å². The highest BCUT2D eigenvalue weighted by molar-refractivity contribution is 9.10. The number of anilines is 1. The van der Waals surface area contributed by atoms with Gasteiger partial charge in [-0.3, -0.25) is 14.7 Å². The smallest absolute Gasteiger partial charge is 0.248 e. The predicted molar refractivity (Wildman–Crippen MR) is 188 cm³/mol. The Balaban J connectivity index is 0.967. The fraction of sp³-hybridized carbons (Fsp3) is 0.184. The van der Waals surface area contributed by atoms with Crippen LogP contribution >= 0.6 is 15.9 Å². The minimum absolute atomic E-state index is 0.214. The fourth-order valence-electron chi connectivity index (χ4n) is 5.47. The van der Waals surface area contributed by atoms with Gasteiger partial charge < -0.3 is 19.5 Å².